The van der Waals surface area contributed by atoms with Gasteiger partial charge in [0, 0.05) is 10.5 Å². The van der Waals surface area contributed by atoms with Crippen molar-refractivity contribution >= 4 is 37.5 Å². The fourth-order valence-corrected chi connectivity index (χ4v) is 2.22. The van der Waals surface area contributed by atoms with Crippen molar-refractivity contribution in [3.05, 3.63) is 50.8 Å². The highest BCUT2D eigenvalue weighted by Gasteiger charge is 2.10. The van der Waals surface area contributed by atoms with Crippen LogP contribution < -0.4 is 5.32 Å². The number of anilines is 1. The molecule has 0 aliphatic rings. The topological polar surface area (TPSA) is 25.2 Å². The molecule has 0 amide bonds. The van der Waals surface area contributed by atoms with E-state index in [2.05, 4.69) is 37.2 Å². The lowest BCUT2D eigenvalue weighted by atomic mass is 10.3. The number of hydrogen-bond acceptors (Lipinski definition) is 2. The molecule has 0 fully saturated rings. The molecule has 0 bridgehead atoms. The Kier molecular flexibility index (Phi) is 3.83. The van der Waals surface area contributed by atoms with E-state index >= 15 is 0 Å². The number of rotatable bonds is 3. The standard InChI is InChI=1S/C11H7Br2F2NO/c12-7-1-2-17-10(7)5-16-11-8(13)3-6(14)4-9(11)15/h1-4,16H,5H2. The van der Waals surface area contributed by atoms with E-state index in [4.69, 9.17) is 4.42 Å². The molecule has 17 heavy (non-hydrogen) atoms. The Morgan fingerprint density at radius 1 is 1.18 bits per heavy atom. The molecule has 90 valence electrons. The van der Waals surface area contributed by atoms with Crippen LogP contribution in [-0.4, -0.2) is 0 Å². The van der Waals surface area contributed by atoms with E-state index in [-0.39, 0.29) is 5.69 Å². The highest BCUT2D eigenvalue weighted by Crippen LogP contribution is 2.28. The van der Waals surface area contributed by atoms with Gasteiger partial charge in [0.05, 0.1) is 23.0 Å². The van der Waals surface area contributed by atoms with Crippen molar-refractivity contribution < 1.29 is 13.2 Å². The minimum atomic E-state index is -0.653. The molecule has 0 aliphatic carbocycles. The van der Waals surface area contributed by atoms with Crippen LogP contribution in [0.25, 0.3) is 0 Å². The van der Waals surface area contributed by atoms with Crippen LogP contribution in [0, 0.1) is 11.6 Å². The summed E-state index contributed by atoms with van der Waals surface area (Å²) in [6, 6.07) is 3.76. The third kappa shape index (κ3) is 2.87. The summed E-state index contributed by atoms with van der Waals surface area (Å²) in [6.45, 7) is 0.300. The number of hydrogen-bond donors (Lipinski definition) is 1. The minimum Gasteiger partial charge on any atom is -0.466 e. The van der Waals surface area contributed by atoms with E-state index in [1.807, 2.05) is 0 Å². The van der Waals surface area contributed by atoms with Crippen LogP contribution in [0.1, 0.15) is 5.76 Å². The number of halogens is 4. The van der Waals surface area contributed by atoms with E-state index in [1.165, 1.54) is 12.3 Å². The molecule has 2 nitrogen and oxygen atoms in total. The molecule has 0 atom stereocenters. The fraction of sp³-hybridized carbons (Fsp3) is 0.0909. The van der Waals surface area contributed by atoms with Crippen LogP contribution >= 0.6 is 31.9 Å². The second-order valence-corrected chi connectivity index (χ2v) is 5.00. The Hall–Kier alpha value is -0.880. The van der Waals surface area contributed by atoms with Crippen LogP contribution in [0.2, 0.25) is 0 Å². The molecule has 1 aromatic heterocycles. The zero-order chi connectivity index (χ0) is 12.4. The van der Waals surface area contributed by atoms with E-state index in [0.29, 0.717) is 16.8 Å². The SMILES string of the molecule is Fc1cc(F)c(NCc2occc2Br)c(Br)c1. The third-order valence-corrected chi connectivity index (χ3v) is 3.46. The van der Waals surface area contributed by atoms with Gasteiger partial charge in [0.25, 0.3) is 0 Å². The molecule has 2 rings (SSSR count). The van der Waals surface area contributed by atoms with Gasteiger partial charge in [-0.15, -0.1) is 0 Å². The number of benzene rings is 1. The van der Waals surface area contributed by atoms with Gasteiger partial charge in [-0.05, 0) is 44.0 Å². The number of nitrogens with one attached hydrogen (secondary N) is 1. The molecule has 0 saturated heterocycles. The smallest absolute Gasteiger partial charge is 0.150 e. The predicted molar refractivity (Wildman–Crippen MR) is 67.8 cm³/mol. The van der Waals surface area contributed by atoms with Crippen molar-refractivity contribution in [2.45, 2.75) is 6.54 Å². The molecule has 0 saturated carbocycles. The molecule has 1 aromatic carbocycles. The van der Waals surface area contributed by atoms with Crippen LogP contribution in [-0.2, 0) is 6.54 Å². The molecule has 0 radical (unpaired) electrons. The highest BCUT2D eigenvalue weighted by molar-refractivity contribution is 9.10. The first-order valence-corrected chi connectivity index (χ1v) is 6.27. The van der Waals surface area contributed by atoms with E-state index < -0.39 is 11.6 Å². The van der Waals surface area contributed by atoms with Crippen LogP contribution in [0.3, 0.4) is 0 Å². The Bertz CT molecular complexity index is 519. The Balaban J connectivity index is 2.17. The molecular weight excluding hydrogens is 360 g/mol. The average molecular weight is 367 g/mol. The fourth-order valence-electron chi connectivity index (χ4n) is 1.33. The Morgan fingerprint density at radius 2 is 1.94 bits per heavy atom. The predicted octanol–water partition coefficient (Wildman–Crippen LogP) is 4.69. The van der Waals surface area contributed by atoms with E-state index in [1.54, 1.807) is 6.07 Å². The summed E-state index contributed by atoms with van der Waals surface area (Å²) in [4.78, 5) is 0. The summed E-state index contributed by atoms with van der Waals surface area (Å²) in [6.07, 6.45) is 1.52. The third-order valence-electron chi connectivity index (χ3n) is 2.12. The maximum absolute atomic E-state index is 13.5. The first kappa shape index (κ1) is 12.6. The first-order valence-electron chi connectivity index (χ1n) is 4.68. The molecule has 6 heteroatoms. The normalized spacial score (nSPS) is 10.6. The van der Waals surface area contributed by atoms with Gasteiger partial charge in [-0.1, -0.05) is 0 Å². The van der Waals surface area contributed by atoms with Crippen molar-refractivity contribution in [1.82, 2.24) is 0 Å². The van der Waals surface area contributed by atoms with Crippen molar-refractivity contribution in [3.63, 3.8) is 0 Å². The summed E-state index contributed by atoms with van der Waals surface area (Å²) in [5.41, 5.74) is 0.203. The van der Waals surface area contributed by atoms with Gasteiger partial charge in [-0.3, -0.25) is 0 Å². The summed E-state index contributed by atoms with van der Waals surface area (Å²) >= 11 is 6.39. The van der Waals surface area contributed by atoms with Crippen LogP contribution in [0.15, 0.2) is 37.8 Å². The first-order chi connectivity index (χ1) is 8.08. The van der Waals surface area contributed by atoms with Gasteiger partial charge in [0.1, 0.15) is 17.4 Å². The largest absolute Gasteiger partial charge is 0.466 e. The van der Waals surface area contributed by atoms with Crippen molar-refractivity contribution in [2.75, 3.05) is 5.32 Å². The second-order valence-electron chi connectivity index (χ2n) is 3.29. The molecule has 2 aromatic rings. The molecule has 0 unspecified atom stereocenters. The summed E-state index contributed by atoms with van der Waals surface area (Å²) in [5.74, 6) is -0.640. The minimum absolute atomic E-state index is 0.203. The Morgan fingerprint density at radius 3 is 2.53 bits per heavy atom. The van der Waals surface area contributed by atoms with Crippen molar-refractivity contribution in [3.8, 4) is 0 Å². The molecular formula is C11H7Br2F2NO. The van der Waals surface area contributed by atoms with E-state index in [0.717, 1.165) is 10.5 Å². The maximum atomic E-state index is 13.5. The molecule has 1 heterocycles. The van der Waals surface area contributed by atoms with Gasteiger partial charge < -0.3 is 9.73 Å². The van der Waals surface area contributed by atoms with Crippen LogP contribution in [0.5, 0.6) is 0 Å². The lowest BCUT2D eigenvalue weighted by Gasteiger charge is -2.08. The molecule has 1 N–H and O–H groups in total. The lowest BCUT2D eigenvalue weighted by molar-refractivity contribution is 0.515. The van der Waals surface area contributed by atoms with Gasteiger partial charge >= 0.3 is 0 Å². The van der Waals surface area contributed by atoms with Gasteiger partial charge in [0.2, 0.25) is 0 Å². The summed E-state index contributed by atoms with van der Waals surface area (Å²) < 4.78 is 32.6. The molecule has 0 spiro atoms. The van der Waals surface area contributed by atoms with Gasteiger partial charge in [0.15, 0.2) is 0 Å². The zero-order valence-corrected chi connectivity index (χ0v) is 11.6. The lowest BCUT2D eigenvalue weighted by Crippen LogP contribution is -2.02. The average Bonchev–Trinajstić information content (AvgIpc) is 2.62. The van der Waals surface area contributed by atoms with Crippen molar-refractivity contribution in [2.24, 2.45) is 0 Å². The summed E-state index contributed by atoms with van der Waals surface area (Å²) in [7, 11) is 0. The zero-order valence-electron chi connectivity index (χ0n) is 8.44. The highest BCUT2D eigenvalue weighted by atomic mass is 79.9. The Labute approximate surface area is 113 Å². The number of furan rings is 1. The molecule has 0 aliphatic heterocycles. The monoisotopic (exact) mass is 365 g/mol. The maximum Gasteiger partial charge on any atom is 0.150 e. The summed E-state index contributed by atoms with van der Waals surface area (Å²) in [5, 5.41) is 2.84. The van der Waals surface area contributed by atoms with Gasteiger partial charge in [-0.2, -0.15) is 0 Å². The second kappa shape index (κ2) is 5.18. The van der Waals surface area contributed by atoms with Crippen LogP contribution in [0.4, 0.5) is 14.5 Å². The van der Waals surface area contributed by atoms with Gasteiger partial charge in [-0.25, -0.2) is 8.78 Å². The van der Waals surface area contributed by atoms with E-state index in [9.17, 15) is 8.78 Å². The van der Waals surface area contributed by atoms with Crippen molar-refractivity contribution in [1.29, 1.82) is 0 Å². The quantitative estimate of drug-likeness (QED) is 0.852.